The van der Waals surface area contributed by atoms with Gasteiger partial charge in [0.15, 0.2) is 11.5 Å². The fourth-order valence-electron chi connectivity index (χ4n) is 4.45. The number of carbonyl (C=O) groups is 6. The van der Waals surface area contributed by atoms with Crippen LogP contribution in [0.2, 0.25) is 0 Å². The number of amides is 3. The van der Waals surface area contributed by atoms with E-state index < -0.39 is 40.6 Å². The van der Waals surface area contributed by atoms with E-state index in [2.05, 4.69) is 5.32 Å². The van der Waals surface area contributed by atoms with Gasteiger partial charge in [-0.15, -0.1) is 0 Å². The zero-order valence-electron chi connectivity index (χ0n) is 36.1. The Balaban J connectivity index is 0.000000980. The number of carbonyl (C=O) groups excluding carboxylic acids is 5. The van der Waals surface area contributed by atoms with Crippen LogP contribution in [0.3, 0.4) is 0 Å². The number of rotatable bonds is 23. The van der Waals surface area contributed by atoms with Crippen molar-refractivity contribution in [1.82, 2.24) is 0 Å². The molecule has 0 spiro atoms. The van der Waals surface area contributed by atoms with Crippen LogP contribution in [-0.2, 0) is 47.6 Å². The van der Waals surface area contributed by atoms with Crippen LogP contribution in [-0.4, -0.2) is 129 Å². The molecule has 0 aromatic heterocycles. The number of nitrogens with one attached hydrogen (secondary N) is 1. The first-order valence-corrected chi connectivity index (χ1v) is 18.8. The highest BCUT2D eigenvalue weighted by Crippen LogP contribution is 2.34. The van der Waals surface area contributed by atoms with E-state index in [1.54, 1.807) is 0 Å². The number of aliphatic carboxylic acids is 1. The monoisotopic (exact) mass is 870 g/mol. The van der Waals surface area contributed by atoms with E-state index in [1.165, 1.54) is 38.5 Å². The van der Waals surface area contributed by atoms with Gasteiger partial charge in [-0.2, -0.15) is 0 Å². The van der Waals surface area contributed by atoms with Crippen LogP contribution >= 0.6 is 0 Å². The molecule has 0 aliphatic rings. The Kier molecular flexibility index (Phi) is 25.8. The molecule has 3 amide bonds. The first-order valence-electron chi connectivity index (χ1n) is 18.8. The number of hydrogen-bond donors (Lipinski definition) is 7. The number of nitrogen functional groups attached to an aromatic ring is 1. The minimum atomic E-state index is -1.00. The van der Waals surface area contributed by atoms with E-state index in [-0.39, 0.29) is 91.1 Å². The molecule has 2 rings (SSSR count). The molecule has 0 fully saturated rings. The highest BCUT2D eigenvalue weighted by molar-refractivity contribution is 6.03. The van der Waals surface area contributed by atoms with Crippen LogP contribution in [0.4, 0.5) is 11.4 Å². The van der Waals surface area contributed by atoms with Crippen molar-refractivity contribution in [3.63, 3.8) is 0 Å². The van der Waals surface area contributed by atoms with E-state index in [0.717, 1.165) is 0 Å². The number of hydrogen-bond acceptors (Lipinski definition) is 17. The summed E-state index contributed by atoms with van der Waals surface area (Å²) < 4.78 is 40.6. The van der Waals surface area contributed by atoms with Gasteiger partial charge < -0.3 is 75.7 Å². The average molecular weight is 871 g/mol. The van der Waals surface area contributed by atoms with Crippen LogP contribution in [0.1, 0.15) is 87.9 Å². The van der Waals surface area contributed by atoms with Gasteiger partial charge in [-0.05, 0) is 78.6 Å². The van der Waals surface area contributed by atoms with Crippen molar-refractivity contribution in [2.24, 2.45) is 11.5 Å². The molecule has 2 aromatic carbocycles. The number of carboxylic acid groups (broad SMARTS) is 1. The highest BCUT2D eigenvalue weighted by atomic mass is 16.6. The number of carboxylic acids is 1. The van der Waals surface area contributed by atoms with Gasteiger partial charge in [0.05, 0.1) is 52.0 Å². The third kappa shape index (κ3) is 25.4. The van der Waals surface area contributed by atoms with Gasteiger partial charge in [0, 0.05) is 26.1 Å². The van der Waals surface area contributed by atoms with Crippen molar-refractivity contribution in [3.05, 3.63) is 35.4 Å². The molecule has 0 bridgehead atoms. The van der Waals surface area contributed by atoms with Gasteiger partial charge in [0.1, 0.15) is 47.0 Å². The molecule has 0 atom stereocenters. The van der Waals surface area contributed by atoms with Gasteiger partial charge in [0.2, 0.25) is 5.91 Å². The van der Waals surface area contributed by atoms with Gasteiger partial charge in [-0.3, -0.25) is 24.0 Å². The fraction of sp³-hybridized carbons (Fsp3) is 0.550. The average Bonchev–Trinajstić information content (AvgIpc) is 3.14. The molecular formula is C40H62N4O17. The van der Waals surface area contributed by atoms with E-state index in [0.29, 0.717) is 39.1 Å². The Morgan fingerprint density at radius 2 is 1.02 bits per heavy atom. The standard InChI is InChI=1S/C20H30N2O8.C12H22O6.C8H10N2O3/c1-20(2,3)30-16(24)6-5-9-28-10-11-29-12-15(23)22-13-7-8-14(27-4)17(18(13)25)19(21)26;1-12(2,3)18-11(15)5-4-6-16-7-8-17-9-10(13)14;1-13-5-3-2-4(9)7(11)6(5)8(10)12/h7-8,25H,5-6,9-12H2,1-4H3,(H2,21,26)(H,22,23);4-9H2,1-3H3,(H,13,14);2-3,11H,9H2,1H3,(H2,10,12). The molecule has 0 unspecified atom stereocenters. The molecule has 21 heteroatoms. The lowest BCUT2D eigenvalue weighted by molar-refractivity contribution is -0.156. The number of esters is 2. The number of benzene rings is 2. The summed E-state index contributed by atoms with van der Waals surface area (Å²) >= 11 is 0. The highest BCUT2D eigenvalue weighted by Gasteiger charge is 2.20. The molecule has 61 heavy (non-hydrogen) atoms. The Morgan fingerprint density at radius 1 is 0.607 bits per heavy atom. The maximum atomic E-state index is 11.9. The van der Waals surface area contributed by atoms with E-state index in [9.17, 15) is 39.0 Å². The van der Waals surface area contributed by atoms with Crippen LogP contribution in [0.25, 0.3) is 0 Å². The lowest BCUT2D eigenvalue weighted by atomic mass is 10.1. The van der Waals surface area contributed by atoms with Crippen molar-refractivity contribution in [2.45, 2.75) is 78.4 Å². The summed E-state index contributed by atoms with van der Waals surface area (Å²) in [4.78, 5) is 67.2. The quantitative estimate of drug-likeness (QED) is 0.0365. The van der Waals surface area contributed by atoms with Crippen molar-refractivity contribution in [2.75, 3.05) is 78.1 Å². The Labute approximate surface area is 355 Å². The van der Waals surface area contributed by atoms with Crippen LogP contribution in [0.15, 0.2) is 24.3 Å². The second kappa shape index (κ2) is 28.5. The van der Waals surface area contributed by atoms with Crippen LogP contribution in [0, 0.1) is 0 Å². The molecule has 0 saturated heterocycles. The van der Waals surface area contributed by atoms with Crippen molar-refractivity contribution in [3.8, 4) is 23.0 Å². The molecule has 0 radical (unpaired) electrons. The minimum absolute atomic E-state index is 0.0107. The predicted octanol–water partition coefficient (Wildman–Crippen LogP) is 2.90. The maximum absolute atomic E-state index is 11.9. The van der Waals surface area contributed by atoms with Crippen molar-refractivity contribution < 1.29 is 82.0 Å². The molecule has 344 valence electrons. The normalized spacial score (nSPS) is 10.8. The second-order valence-corrected chi connectivity index (χ2v) is 14.5. The number of phenols is 2. The Morgan fingerprint density at radius 3 is 1.43 bits per heavy atom. The predicted molar refractivity (Wildman–Crippen MR) is 220 cm³/mol. The number of primary amides is 2. The number of ether oxygens (including phenoxy) is 8. The van der Waals surface area contributed by atoms with Gasteiger partial charge >= 0.3 is 17.9 Å². The summed E-state index contributed by atoms with van der Waals surface area (Å²) in [6.07, 6.45) is 1.68. The summed E-state index contributed by atoms with van der Waals surface area (Å²) in [5.41, 5.74) is 14.4. The van der Waals surface area contributed by atoms with Crippen LogP contribution < -0.4 is 32.0 Å². The number of anilines is 2. The maximum Gasteiger partial charge on any atom is 0.329 e. The zero-order valence-corrected chi connectivity index (χ0v) is 36.1. The van der Waals surface area contributed by atoms with Gasteiger partial charge in [-0.25, -0.2) is 4.79 Å². The number of nitrogens with two attached hydrogens (primary N) is 3. The third-order valence-electron chi connectivity index (χ3n) is 6.90. The summed E-state index contributed by atoms with van der Waals surface area (Å²) in [6, 6.07) is 5.68. The van der Waals surface area contributed by atoms with Gasteiger partial charge in [0.25, 0.3) is 11.8 Å². The van der Waals surface area contributed by atoms with Gasteiger partial charge in [-0.1, -0.05) is 0 Å². The molecule has 0 heterocycles. The summed E-state index contributed by atoms with van der Waals surface area (Å²) in [5.74, 6) is -4.24. The first-order chi connectivity index (χ1) is 28.4. The smallest absolute Gasteiger partial charge is 0.329 e. The third-order valence-corrected chi connectivity index (χ3v) is 6.90. The van der Waals surface area contributed by atoms with E-state index in [4.69, 9.17) is 60.2 Å². The lowest BCUT2D eigenvalue weighted by Gasteiger charge is -2.19. The molecule has 10 N–H and O–H groups in total. The Hall–Kier alpha value is -5.90. The number of aromatic hydroxyl groups is 2. The Bertz CT molecular complexity index is 1720. The molecule has 21 nitrogen and oxygen atoms in total. The van der Waals surface area contributed by atoms with Crippen molar-refractivity contribution >= 4 is 47.0 Å². The number of methoxy groups -OCH3 is 2. The zero-order chi connectivity index (χ0) is 46.8. The molecule has 0 saturated carbocycles. The minimum Gasteiger partial charge on any atom is -0.505 e. The summed E-state index contributed by atoms with van der Waals surface area (Å²) in [7, 11) is 2.70. The topological polar surface area (TPSA) is 327 Å². The van der Waals surface area contributed by atoms with E-state index >= 15 is 0 Å². The van der Waals surface area contributed by atoms with Crippen LogP contribution in [0.5, 0.6) is 23.0 Å². The van der Waals surface area contributed by atoms with E-state index in [1.807, 2.05) is 41.5 Å². The SMILES string of the molecule is CC(C)(C)OC(=O)CCCOCCOCC(=O)O.COc1ccc(N)c(O)c1C(N)=O.COc1ccc(NC(=O)COCCOCCCC(=O)OC(C)(C)C)c(O)c1C(N)=O. The molecule has 2 aromatic rings. The lowest BCUT2D eigenvalue weighted by Crippen LogP contribution is -2.24. The fourth-order valence-corrected chi connectivity index (χ4v) is 4.45. The molecule has 0 aliphatic heterocycles. The molecular weight excluding hydrogens is 808 g/mol. The molecule has 0 aliphatic carbocycles. The van der Waals surface area contributed by atoms with Crippen molar-refractivity contribution in [1.29, 1.82) is 0 Å². The largest absolute Gasteiger partial charge is 0.505 e. The summed E-state index contributed by atoms with van der Waals surface area (Å²) in [5, 5.41) is 30.2. The summed E-state index contributed by atoms with van der Waals surface area (Å²) in [6.45, 7) is 12.1. The second-order valence-electron chi connectivity index (χ2n) is 14.5. The first kappa shape index (κ1) is 55.1.